The SMILES string of the molecule is CO[P+](=O)CCCOC(=O)C(C)(C)C. The van der Waals surface area contributed by atoms with Crippen LogP contribution < -0.4 is 0 Å². The maximum absolute atomic E-state index is 11.3. The molecule has 0 bridgehead atoms. The first kappa shape index (κ1) is 13.5. The molecule has 0 amide bonds. The fourth-order valence-corrected chi connectivity index (χ4v) is 1.24. The van der Waals surface area contributed by atoms with Gasteiger partial charge < -0.3 is 4.74 Å². The summed E-state index contributed by atoms with van der Waals surface area (Å²) >= 11 is 0. The molecule has 1 unspecified atom stereocenters. The summed E-state index contributed by atoms with van der Waals surface area (Å²) in [7, 11) is -0.176. The zero-order chi connectivity index (χ0) is 11.2. The molecule has 0 aromatic carbocycles. The van der Waals surface area contributed by atoms with Gasteiger partial charge in [-0.15, -0.1) is 4.52 Å². The average Bonchev–Trinajstić information content (AvgIpc) is 2.09. The molecule has 1 atom stereocenters. The van der Waals surface area contributed by atoms with Gasteiger partial charge in [-0.2, -0.15) is 0 Å². The summed E-state index contributed by atoms with van der Waals surface area (Å²) in [6.07, 6.45) is 1.01. The van der Waals surface area contributed by atoms with Crippen LogP contribution in [0.3, 0.4) is 0 Å². The Bertz CT molecular complexity index is 207. The van der Waals surface area contributed by atoms with Gasteiger partial charge in [-0.3, -0.25) is 4.79 Å². The van der Waals surface area contributed by atoms with Gasteiger partial charge in [0.2, 0.25) is 0 Å². The first-order chi connectivity index (χ1) is 6.38. The number of hydrogen-bond donors (Lipinski definition) is 0. The molecule has 0 saturated carbocycles. The fraction of sp³-hybridized carbons (Fsp3) is 0.889. The van der Waals surface area contributed by atoms with E-state index < -0.39 is 13.4 Å². The lowest BCUT2D eigenvalue weighted by Gasteiger charge is -2.15. The van der Waals surface area contributed by atoms with Crippen LogP contribution in [-0.2, 0) is 18.6 Å². The van der Waals surface area contributed by atoms with Crippen LogP contribution in [-0.4, -0.2) is 25.8 Å². The molecule has 0 aromatic rings. The zero-order valence-electron chi connectivity index (χ0n) is 9.20. The number of esters is 1. The van der Waals surface area contributed by atoms with E-state index in [1.165, 1.54) is 7.11 Å². The van der Waals surface area contributed by atoms with Gasteiger partial charge in [-0.1, -0.05) is 0 Å². The van der Waals surface area contributed by atoms with E-state index in [1.807, 2.05) is 0 Å². The van der Waals surface area contributed by atoms with Gasteiger partial charge in [0.25, 0.3) is 0 Å². The van der Waals surface area contributed by atoms with Gasteiger partial charge in [0.05, 0.1) is 19.1 Å². The molecular formula is C9H18O4P+. The standard InChI is InChI=1S/C9H18O4P/c1-9(2,3)8(10)13-6-5-7-14(11)12-4/h5-7H2,1-4H3/q+1. The summed E-state index contributed by atoms with van der Waals surface area (Å²) in [6.45, 7) is 5.70. The van der Waals surface area contributed by atoms with Crippen LogP contribution in [0.25, 0.3) is 0 Å². The lowest BCUT2D eigenvalue weighted by atomic mass is 9.97. The van der Waals surface area contributed by atoms with Crippen molar-refractivity contribution in [2.75, 3.05) is 19.9 Å². The Morgan fingerprint density at radius 2 is 1.93 bits per heavy atom. The maximum atomic E-state index is 11.3. The monoisotopic (exact) mass is 221 g/mol. The molecule has 0 aliphatic carbocycles. The summed E-state index contributed by atoms with van der Waals surface area (Å²) in [4.78, 5) is 11.3. The third-order valence-corrected chi connectivity index (χ3v) is 2.62. The molecule has 4 nitrogen and oxygen atoms in total. The number of hydrogen-bond acceptors (Lipinski definition) is 4. The Kier molecular flexibility index (Phi) is 5.89. The van der Waals surface area contributed by atoms with Gasteiger partial charge >= 0.3 is 14.0 Å². The number of carbonyl (C=O) groups excluding carboxylic acids is 1. The van der Waals surface area contributed by atoms with E-state index in [1.54, 1.807) is 20.8 Å². The van der Waals surface area contributed by atoms with E-state index in [2.05, 4.69) is 4.52 Å². The van der Waals surface area contributed by atoms with Crippen LogP contribution in [0.5, 0.6) is 0 Å². The normalized spacial score (nSPS) is 12.4. The van der Waals surface area contributed by atoms with Crippen molar-refractivity contribution in [3.8, 4) is 0 Å². The predicted molar refractivity (Wildman–Crippen MR) is 54.5 cm³/mol. The second-order valence-electron chi connectivity index (χ2n) is 3.98. The van der Waals surface area contributed by atoms with Gasteiger partial charge in [0.1, 0.15) is 0 Å². The predicted octanol–water partition coefficient (Wildman–Crippen LogP) is 2.35. The van der Waals surface area contributed by atoms with Crippen LogP contribution in [0.1, 0.15) is 27.2 Å². The largest absolute Gasteiger partial charge is 0.507 e. The zero-order valence-corrected chi connectivity index (χ0v) is 10.1. The van der Waals surface area contributed by atoms with E-state index in [0.29, 0.717) is 19.2 Å². The highest BCUT2D eigenvalue weighted by atomic mass is 31.1. The van der Waals surface area contributed by atoms with Gasteiger partial charge in [0, 0.05) is 6.42 Å². The van der Waals surface area contributed by atoms with E-state index in [4.69, 9.17) is 4.74 Å². The third kappa shape index (κ3) is 6.06. The molecule has 0 fully saturated rings. The minimum Gasteiger partial charge on any atom is -0.465 e. The number of ether oxygens (including phenoxy) is 1. The van der Waals surface area contributed by atoms with Crippen LogP contribution in [0.15, 0.2) is 0 Å². The molecular weight excluding hydrogens is 203 g/mol. The molecule has 0 heterocycles. The molecule has 0 aliphatic rings. The van der Waals surface area contributed by atoms with Crippen molar-refractivity contribution < 1.29 is 18.6 Å². The van der Waals surface area contributed by atoms with E-state index in [9.17, 15) is 9.36 Å². The van der Waals surface area contributed by atoms with E-state index in [-0.39, 0.29) is 5.97 Å². The fourth-order valence-electron chi connectivity index (χ4n) is 0.666. The summed E-state index contributed by atoms with van der Waals surface area (Å²) in [5.41, 5.74) is -0.469. The molecule has 0 N–H and O–H groups in total. The Morgan fingerprint density at radius 1 is 1.36 bits per heavy atom. The molecule has 0 radical (unpaired) electrons. The molecule has 0 spiro atoms. The highest BCUT2D eigenvalue weighted by Gasteiger charge is 2.23. The summed E-state index contributed by atoms with van der Waals surface area (Å²) in [5, 5.41) is 0. The topological polar surface area (TPSA) is 52.6 Å². The lowest BCUT2D eigenvalue weighted by molar-refractivity contribution is -0.152. The smallest absolute Gasteiger partial charge is 0.465 e. The van der Waals surface area contributed by atoms with Crippen molar-refractivity contribution in [3.05, 3.63) is 0 Å². The summed E-state index contributed by atoms with van der Waals surface area (Å²) in [6, 6.07) is 0. The van der Waals surface area contributed by atoms with E-state index >= 15 is 0 Å². The highest BCUT2D eigenvalue weighted by Crippen LogP contribution is 2.21. The van der Waals surface area contributed by atoms with Crippen molar-refractivity contribution in [3.63, 3.8) is 0 Å². The number of rotatable bonds is 5. The van der Waals surface area contributed by atoms with Crippen LogP contribution in [0.2, 0.25) is 0 Å². The van der Waals surface area contributed by atoms with Crippen molar-refractivity contribution in [2.45, 2.75) is 27.2 Å². The Morgan fingerprint density at radius 3 is 2.36 bits per heavy atom. The first-order valence-electron chi connectivity index (χ1n) is 4.54. The van der Waals surface area contributed by atoms with Crippen LogP contribution >= 0.6 is 8.03 Å². The summed E-state index contributed by atoms with van der Waals surface area (Å²) < 4.78 is 20.4. The Hall–Kier alpha value is -0.470. The van der Waals surface area contributed by atoms with Gasteiger partial charge in [-0.05, 0) is 25.3 Å². The first-order valence-corrected chi connectivity index (χ1v) is 5.90. The highest BCUT2D eigenvalue weighted by molar-refractivity contribution is 7.39. The quantitative estimate of drug-likeness (QED) is 0.406. The van der Waals surface area contributed by atoms with Gasteiger partial charge in [-0.25, -0.2) is 0 Å². The molecule has 0 aliphatic heterocycles. The van der Waals surface area contributed by atoms with Gasteiger partial charge in [0.15, 0.2) is 6.16 Å². The number of carbonyl (C=O) groups is 1. The van der Waals surface area contributed by atoms with Crippen molar-refractivity contribution in [1.29, 1.82) is 0 Å². The molecule has 0 aromatic heterocycles. The molecule has 82 valence electrons. The van der Waals surface area contributed by atoms with Crippen molar-refractivity contribution in [1.82, 2.24) is 0 Å². The molecule has 0 rings (SSSR count). The molecule has 5 heteroatoms. The second kappa shape index (κ2) is 6.10. The summed E-state index contributed by atoms with van der Waals surface area (Å²) in [5.74, 6) is -0.231. The van der Waals surface area contributed by atoms with Crippen LogP contribution in [0, 0.1) is 5.41 Å². The lowest BCUT2D eigenvalue weighted by Crippen LogP contribution is -2.23. The molecule has 0 saturated heterocycles. The molecule has 14 heavy (non-hydrogen) atoms. The minimum absolute atomic E-state index is 0.231. The van der Waals surface area contributed by atoms with Crippen molar-refractivity contribution >= 4 is 14.0 Å². The third-order valence-electron chi connectivity index (χ3n) is 1.53. The minimum atomic E-state index is -1.58. The van der Waals surface area contributed by atoms with Crippen LogP contribution in [0.4, 0.5) is 0 Å². The van der Waals surface area contributed by atoms with Crippen molar-refractivity contribution in [2.24, 2.45) is 5.41 Å². The van der Waals surface area contributed by atoms with E-state index in [0.717, 1.165) is 0 Å². The second-order valence-corrected chi connectivity index (χ2v) is 5.46. The Balaban J connectivity index is 3.56. The Labute approximate surface area is 85.8 Å². The average molecular weight is 221 g/mol. The maximum Gasteiger partial charge on any atom is 0.507 e.